The van der Waals surface area contributed by atoms with Crippen LogP contribution in [-0.4, -0.2) is 43.6 Å². The van der Waals surface area contributed by atoms with Crippen LogP contribution in [0, 0.1) is 0 Å². The van der Waals surface area contributed by atoms with E-state index in [1.54, 1.807) is 23.9 Å². The fraction of sp³-hybridized carbons (Fsp3) is 0.588. The van der Waals surface area contributed by atoms with Crippen LogP contribution in [0.25, 0.3) is 0 Å². The molecule has 146 valence electrons. The lowest BCUT2D eigenvalue weighted by molar-refractivity contribution is -0.261. The van der Waals surface area contributed by atoms with Crippen molar-refractivity contribution in [3.63, 3.8) is 0 Å². The predicted molar refractivity (Wildman–Crippen MR) is 85.8 cm³/mol. The van der Waals surface area contributed by atoms with Crippen LogP contribution in [0.1, 0.15) is 66.2 Å². The maximum absolute atomic E-state index is 13.2. The molecule has 1 saturated carbocycles. The molecule has 1 N–H and O–H groups in total. The first-order valence-electron chi connectivity index (χ1n) is 8.72. The molecule has 7 nitrogen and oxygen atoms in total. The van der Waals surface area contributed by atoms with Crippen molar-refractivity contribution in [1.29, 1.82) is 0 Å². The van der Waals surface area contributed by atoms with Crippen LogP contribution in [0.15, 0.2) is 16.8 Å². The van der Waals surface area contributed by atoms with Crippen molar-refractivity contribution < 1.29 is 27.6 Å². The Hall–Kier alpha value is -2.36. The van der Waals surface area contributed by atoms with Crippen LogP contribution in [0.3, 0.4) is 0 Å². The number of fused-ring (bicyclic) bond motifs is 1. The molecule has 0 saturated heterocycles. The molecule has 27 heavy (non-hydrogen) atoms. The monoisotopic (exact) mass is 384 g/mol. The number of carbonyl (C=O) groups is 1. The van der Waals surface area contributed by atoms with Crippen molar-refractivity contribution >= 4 is 5.91 Å². The number of alkyl halides is 3. The van der Waals surface area contributed by atoms with Crippen LogP contribution < -0.4 is 0 Å². The Kier molecular flexibility index (Phi) is 3.88. The van der Waals surface area contributed by atoms with E-state index in [2.05, 4.69) is 10.3 Å². The van der Waals surface area contributed by atoms with Gasteiger partial charge in [-0.25, -0.2) is 0 Å². The Labute approximate surface area is 152 Å². The molecule has 2 atom stereocenters. The topological polar surface area (TPSA) is 84.4 Å². The minimum atomic E-state index is -4.89. The lowest BCUT2D eigenvalue weighted by Crippen LogP contribution is -2.42. The summed E-state index contributed by atoms with van der Waals surface area (Å²) in [4.78, 5) is 14.4. The number of halogens is 3. The normalized spacial score (nSPS) is 22.4. The maximum atomic E-state index is 13.2. The molecule has 2 aromatic heterocycles. The molecule has 2 aliphatic rings. The number of rotatable bonds is 3. The SMILES string of the molecule is C[C@H]1CN(C(=O)c2ccnn2C2CC2)Cc2onc(C(C)(O)C(F)(F)F)c21. The van der Waals surface area contributed by atoms with E-state index in [0.717, 1.165) is 12.8 Å². The Morgan fingerprint density at radius 3 is 2.70 bits per heavy atom. The fourth-order valence-corrected chi connectivity index (χ4v) is 3.51. The third-order valence-corrected chi connectivity index (χ3v) is 5.21. The van der Waals surface area contributed by atoms with Crippen molar-refractivity contribution in [2.24, 2.45) is 0 Å². The third kappa shape index (κ3) is 2.82. The van der Waals surface area contributed by atoms with E-state index in [9.17, 15) is 23.1 Å². The predicted octanol–water partition coefficient (Wildman–Crippen LogP) is 2.74. The highest BCUT2D eigenvalue weighted by Crippen LogP contribution is 2.43. The smallest absolute Gasteiger partial charge is 0.375 e. The van der Waals surface area contributed by atoms with Gasteiger partial charge < -0.3 is 14.5 Å². The zero-order valence-electron chi connectivity index (χ0n) is 14.8. The second-order valence-electron chi connectivity index (χ2n) is 7.42. The highest BCUT2D eigenvalue weighted by atomic mass is 19.4. The molecule has 4 rings (SSSR count). The highest BCUT2D eigenvalue weighted by Gasteiger charge is 2.55. The highest BCUT2D eigenvalue weighted by molar-refractivity contribution is 5.92. The molecule has 1 unspecified atom stereocenters. The average molecular weight is 384 g/mol. The summed E-state index contributed by atoms with van der Waals surface area (Å²) in [6.07, 6.45) is -1.38. The second-order valence-corrected chi connectivity index (χ2v) is 7.42. The first-order valence-corrected chi connectivity index (χ1v) is 8.72. The van der Waals surface area contributed by atoms with Crippen LogP contribution in [-0.2, 0) is 12.1 Å². The quantitative estimate of drug-likeness (QED) is 0.880. The van der Waals surface area contributed by atoms with Gasteiger partial charge in [-0.1, -0.05) is 12.1 Å². The van der Waals surface area contributed by atoms with Gasteiger partial charge in [0.2, 0.25) is 5.60 Å². The first kappa shape index (κ1) is 18.0. The van der Waals surface area contributed by atoms with E-state index in [0.29, 0.717) is 12.6 Å². The van der Waals surface area contributed by atoms with Crippen LogP contribution in [0.5, 0.6) is 0 Å². The number of amides is 1. The van der Waals surface area contributed by atoms with Crippen molar-refractivity contribution in [1.82, 2.24) is 19.8 Å². The van der Waals surface area contributed by atoms with E-state index in [-0.39, 0.29) is 36.4 Å². The first-order chi connectivity index (χ1) is 12.6. The van der Waals surface area contributed by atoms with Crippen molar-refractivity contribution in [3.05, 3.63) is 35.0 Å². The summed E-state index contributed by atoms with van der Waals surface area (Å²) in [5, 5.41) is 17.7. The Bertz CT molecular complexity index is 882. The molecule has 1 amide bonds. The van der Waals surface area contributed by atoms with Gasteiger partial charge in [0.1, 0.15) is 11.4 Å². The molecular formula is C17H19F3N4O3. The van der Waals surface area contributed by atoms with E-state index >= 15 is 0 Å². The summed E-state index contributed by atoms with van der Waals surface area (Å²) in [6.45, 7) is 2.53. The summed E-state index contributed by atoms with van der Waals surface area (Å²) in [5.41, 5.74) is -2.98. The number of hydrogen-bond donors (Lipinski definition) is 1. The van der Waals surface area contributed by atoms with Gasteiger partial charge in [0.05, 0.1) is 12.6 Å². The van der Waals surface area contributed by atoms with Crippen LogP contribution in [0.4, 0.5) is 13.2 Å². The van der Waals surface area contributed by atoms with E-state index in [1.807, 2.05) is 0 Å². The third-order valence-electron chi connectivity index (χ3n) is 5.21. The zero-order chi connectivity index (χ0) is 19.6. The molecule has 0 aromatic carbocycles. The Morgan fingerprint density at radius 2 is 2.07 bits per heavy atom. The molecule has 3 heterocycles. The minimum absolute atomic E-state index is 0.00467. The molecular weight excluding hydrogens is 365 g/mol. The number of nitrogens with zero attached hydrogens (tertiary/aromatic N) is 4. The minimum Gasteiger partial charge on any atom is -0.375 e. The van der Waals surface area contributed by atoms with Gasteiger partial charge in [0.15, 0.2) is 5.76 Å². The number of aliphatic hydroxyl groups is 1. The van der Waals surface area contributed by atoms with Gasteiger partial charge in [0, 0.05) is 24.2 Å². The second kappa shape index (κ2) is 5.82. The lowest BCUT2D eigenvalue weighted by Gasteiger charge is -2.32. The van der Waals surface area contributed by atoms with E-state index in [4.69, 9.17) is 4.52 Å². The van der Waals surface area contributed by atoms with Crippen molar-refractivity contribution in [3.8, 4) is 0 Å². The van der Waals surface area contributed by atoms with Gasteiger partial charge in [-0.05, 0) is 25.8 Å². The summed E-state index contributed by atoms with van der Waals surface area (Å²) in [7, 11) is 0. The summed E-state index contributed by atoms with van der Waals surface area (Å²) < 4.78 is 46.4. The standard InChI is InChI=1S/C17H19F3N4O3/c1-9-7-23(15(25)11-5-6-21-24(11)10-3-4-10)8-12-13(9)14(22-27-12)16(2,26)17(18,19)20/h5-6,9-10,26H,3-4,7-8H2,1-2H3/t9-,16?/m0/s1. The molecule has 10 heteroatoms. The fourth-order valence-electron chi connectivity index (χ4n) is 3.51. The molecule has 1 aliphatic carbocycles. The van der Waals surface area contributed by atoms with Gasteiger partial charge in [-0.3, -0.25) is 9.48 Å². The number of hydrogen-bond acceptors (Lipinski definition) is 5. The molecule has 1 aliphatic heterocycles. The molecule has 1 fully saturated rings. The van der Waals surface area contributed by atoms with E-state index in [1.165, 1.54) is 4.90 Å². The summed E-state index contributed by atoms with van der Waals surface area (Å²) in [6, 6.07) is 1.87. The molecule has 0 radical (unpaired) electrons. The average Bonchev–Trinajstić information content (AvgIpc) is 3.14. The van der Waals surface area contributed by atoms with Crippen LogP contribution in [0.2, 0.25) is 0 Å². The van der Waals surface area contributed by atoms with Crippen molar-refractivity contribution in [2.75, 3.05) is 6.54 Å². The molecule has 0 spiro atoms. The van der Waals surface area contributed by atoms with Crippen molar-refractivity contribution in [2.45, 2.75) is 57.0 Å². The van der Waals surface area contributed by atoms with Gasteiger partial charge >= 0.3 is 6.18 Å². The number of carbonyl (C=O) groups excluding carboxylic acids is 1. The molecule has 0 bridgehead atoms. The summed E-state index contributed by atoms with van der Waals surface area (Å²) >= 11 is 0. The van der Waals surface area contributed by atoms with Gasteiger partial charge in [-0.15, -0.1) is 0 Å². The zero-order valence-corrected chi connectivity index (χ0v) is 14.8. The maximum Gasteiger partial charge on any atom is 0.422 e. The van der Waals surface area contributed by atoms with Gasteiger partial charge in [-0.2, -0.15) is 18.3 Å². The Morgan fingerprint density at radius 1 is 1.37 bits per heavy atom. The number of aromatic nitrogens is 3. The van der Waals surface area contributed by atoms with Crippen LogP contribution >= 0.6 is 0 Å². The largest absolute Gasteiger partial charge is 0.422 e. The summed E-state index contributed by atoms with van der Waals surface area (Å²) in [5.74, 6) is -0.554. The van der Waals surface area contributed by atoms with E-state index < -0.39 is 23.4 Å². The Balaban J connectivity index is 1.63. The molecule has 2 aromatic rings. The lowest BCUT2D eigenvalue weighted by atomic mass is 9.87. The van der Waals surface area contributed by atoms with Gasteiger partial charge in [0.25, 0.3) is 5.91 Å².